The molecule has 1 saturated heterocycles. The van der Waals surface area contributed by atoms with E-state index in [1.807, 2.05) is 26.8 Å². The van der Waals surface area contributed by atoms with Crippen molar-refractivity contribution in [2.45, 2.75) is 20.8 Å². The summed E-state index contributed by atoms with van der Waals surface area (Å²) in [6, 6.07) is 3.67. The Morgan fingerprint density at radius 1 is 1.20 bits per heavy atom. The second-order valence-electron chi connectivity index (χ2n) is 5.78. The first kappa shape index (κ1) is 17.0. The molecule has 2 aromatic heterocycles. The van der Waals surface area contributed by atoms with Gasteiger partial charge in [-0.1, -0.05) is 5.16 Å². The third kappa shape index (κ3) is 4.17. The topological polar surface area (TPSA) is 96.6 Å². The lowest BCUT2D eigenvalue weighted by atomic mass is 10.3. The van der Waals surface area contributed by atoms with Crippen LogP contribution in [0, 0.1) is 13.8 Å². The maximum atomic E-state index is 11.8. The normalized spacial score (nSPS) is 14.5. The zero-order valence-electron chi connectivity index (χ0n) is 14.7. The molecule has 0 aliphatic carbocycles. The lowest BCUT2D eigenvalue weighted by Crippen LogP contribution is -2.49. The predicted molar refractivity (Wildman–Crippen MR) is 92.1 cm³/mol. The van der Waals surface area contributed by atoms with Gasteiger partial charge in [-0.25, -0.2) is 14.8 Å². The van der Waals surface area contributed by atoms with Crippen LogP contribution in [0.1, 0.15) is 18.5 Å². The second kappa shape index (κ2) is 7.37. The van der Waals surface area contributed by atoms with E-state index in [0.29, 0.717) is 50.2 Å². The van der Waals surface area contributed by atoms with E-state index >= 15 is 0 Å². The third-order valence-corrected chi connectivity index (χ3v) is 3.84. The van der Waals surface area contributed by atoms with Gasteiger partial charge in [0, 0.05) is 38.3 Å². The molecule has 0 aromatic carbocycles. The molecule has 1 aliphatic heterocycles. The van der Waals surface area contributed by atoms with Gasteiger partial charge < -0.3 is 24.4 Å². The number of carbonyl (C=O) groups is 1. The van der Waals surface area contributed by atoms with Crippen LogP contribution >= 0.6 is 0 Å². The number of hydrogen-bond donors (Lipinski definition) is 1. The minimum atomic E-state index is -0.259. The largest absolute Gasteiger partial charge is 0.450 e. The van der Waals surface area contributed by atoms with E-state index < -0.39 is 0 Å². The van der Waals surface area contributed by atoms with Gasteiger partial charge in [-0.3, -0.25) is 0 Å². The van der Waals surface area contributed by atoms with Crippen molar-refractivity contribution in [1.82, 2.24) is 20.0 Å². The van der Waals surface area contributed by atoms with Crippen LogP contribution in [0.2, 0.25) is 0 Å². The van der Waals surface area contributed by atoms with Gasteiger partial charge >= 0.3 is 6.09 Å². The molecule has 9 nitrogen and oxygen atoms in total. The van der Waals surface area contributed by atoms with Crippen LogP contribution in [0.4, 0.5) is 22.2 Å². The quantitative estimate of drug-likeness (QED) is 0.899. The van der Waals surface area contributed by atoms with Crippen molar-refractivity contribution in [3.63, 3.8) is 0 Å². The van der Waals surface area contributed by atoms with Crippen LogP contribution in [0.5, 0.6) is 0 Å². The fraction of sp³-hybridized carbons (Fsp3) is 0.500. The van der Waals surface area contributed by atoms with Gasteiger partial charge in [-0.2, -0.15) is 0 Å². The molecule has 0 radical (unpaired) electrons. The molecule has 1 amide bonds. The Balaban J connectivity index is 1.67. The Kier molecular flexibility index (Phi) is 5.01. The summed E-state index contributed by atoms with van der Waals surface area (Å²) < 4.78 is 10.1. The summed E-state index contributed by atoms with van der Waals surface area (Å²) in [5.41, 5.74) is 0. The molecule has 1 aliphatic rings. The number of nitrogens with one attached hydrogen (secondary N) is 1. The average Bonchev–Trinajstić information content (AvgIpc) is 2.99. The highest BCUT2D eigenvalue weighted by Crippen LogP contribution is 2.21. The number of carbonyl (C=O) groups excluding carboxylic acids is 1. The van der Waals surface area contributed by atoms with Gasteiger partial charge in [0.1, 0.15) is 23.2 Å². The van der Waals surface area contributed by atoms with Crippen LogP contribution in [-0.2, 0) is 4.74 Å². The predicted octanol–water partition coefficient (Wildman–Crippen LogP) is 2.10. The fourth-order valence-corrected chi connectivity index (χ4v) is 2.67. The number of anilines is 3. The van der Waals surface area contributed by atoms with Crippen LogP contribution < -0.4 is 10.2 Å². The van der Waals surface area contributed by atoms with Gasteiger partial charge in [0.15, 0.2) is 5.82 Å². The molecule has 134 valence electrons. The third-order valence-electron chi connectivity index (χ3n) is 3.84. The lowest BCUT2D eigenvalue weighted by Gasteiger charge is -2.34. The SMILES string of the molecule is CCOC(=O)N1CCN(c2cc(Nc3cc(C)on3)nc(C)n2)CC1. The van der Waals surface area contributed by atoms with Crippen LogP contribution in [0.3, 0.4) is 0 Å². The molecule has 1 fully saturated rings. The first-order valence-electron chi connectivity index (χ1n) is 8.28. The number of amides is 1. The summed E-state index contributed by atoms with van der Waals surface area (Å²) in [6.07, 6.45) is -0.259. The molecule has 0 bridgehead atoms. The summed E-state index contributed by atoms with van der Waals surface area (Å²) in [5, 5.41) is 7.03. The lowest BCUT2D eigenvalue weighted by molar-refractivity contribution is 0.105. The summed E-state index contributed by atoms with van der Waals surface area (Å²) in [6.45, 7) is 8.47. The van der Waals surface area contributed by atoms with Crippen molar-refractivity contribution < 1.29 is 14.1 Å². The van der Waals surface area contributed by atoms with Crippen molar-refractivity contribution in [3.05, 3.63) is 23.7 Å². The zero-order valence-corrected chi connectivity index (χ0v) is 14.7. The summed E-state index contributed by atoms with van der Waals surface area (Å²) in [4.78, 5) is 24.5. The first-order chi connectivity index (χ1) is 12.0. The van der Waals surface area contributed by atoms with Crippen molar-refractivity contribution in [3.8, 4) is 0 Å². The van der Waals surface area contributed by atoms with E-state index in [1.165, 1.54) is 0 Å². The molecule has 0 atom stereocenters. The molecule has 0 saturated carbocycles. The highest BCUT2D eigenvalue weighted by Gasteiger charge is 2.23. The van der Waals surface area contributed by atoms with E-state index in [0.717, 1.165) is 11.6 Å². The van der Waals surface area contributed by atoms with Gasteiger partial charge in [0.2, 0.25) is 0 Å². The van der Waals surface area contributed by atoms with Crippen molar-refractivity contribution in [2.24, 2.45) is 0 Å². The average molecular weight is 346 g/mol. The molecule has 0 unspecified atom stereocenters. The second-order valence-corrected chi connectivity index (χ2v) is 5.78. The number of aryl methyl sites for hydroxylation is 2. The highest BCUT2D eigenvalue weighted by molar-refractivity contribution is 5.68. The number of aromatic nitrogens is 3. The van der Waals surface area contributed by atoms with E-state index in [1.54, 1.807) is 11.0 Å². The Morgan fingerprint density at radius 2 is 1.96 bits per heavy atom. The minimum Gasteiger partial charge on any atom is -0.450 e. The maximum Gasteiger partial charge on any atom is 0.409 e. The first-order valence-corrected chi connectivity index (χ1v) is 8.28. The Labute approximate surface area is 146 Å². The molecule has 1 N–H and O–H groups in total. The van der Waals surface area contributed by atoms with Crippen molar-refractivity contribution in [1.29, 1.82) is 0 Å². The van der Waals surface area contributed by atoms with E-state index in [4.69, 9.17) is 9.26 Å². The van der Waals surface area contributed by atoms with Gasteiger partial charge in [-0.05, 0) is 20.8 Å². The molecule has 9 heteroatoms. The minimum absolute atomic E-state index is 0.259. The summed E-state index contributed by atoms with van der Waals surface area (Å²) >= 11 is 0. The smallest absolute Gasteiger partial charge is 0.409 e. The summed E-state index contributed by atoms with van der Waals surface area (Å²) in [7, 11) is 0. The van der Waals surface area contributed by atoms with Gasteiger partial charge in [0.25, 0.3) is 0 Å². The molecule has 25 heavy (non-hydrogen) atoms. The van der Waals surface area contributed by atoms with E-state index in [-0.39, 0.29) is 6.09 Å². The number of rotatable bonds is 4. The van der Waals surface area contributed by atoms with Gasteiger partial charge in [0.05, 0.1) is 6.61 Å². The van der Waals surface area contributed by atoms with E-state index in [9.17, 15) is 4.79 Å². The van der Waals surface area contributed by atoms with Gasteiger partial charge in [-0.15, -0.1) is 0 Å². The van der Waals surface area contributed by atoms with Crippen molar-refractivity contribution in [2.75, 3.05) is 43.0 Å². The van der Waals surface area contributed by atoms with E-state index in [2.05, 4.69) is 25.3 Å². The highest BCUT2D eigenvalue weighted by atomic mass is 16.6. The molecular weight excluding hydrogens is 324 g/mol. The maximum absolute atomic E-state index is 11.8. The monoisotopic (exact) mass is 346 g/mol. The molecule has 3 rings (SSSR count). The standard InChI is InChI=1S/C16H22N6O3/c1-4-24-16(23)22-7-5-21(6-8-22)15-10-13(17-12(3)18-15)19-14-9-11(2)25-20-14/h9-10H,4-8H2,1-3H3,(H,17,18,19,20). The number of nitrogens with zero attached hydrogens (tertiary/aromatic N) is 5. The Morgan fingerprint density at radius 3 is 2.60 bits per heavy atom. The number of hydrogen-bond acceptors (Lipinski definition) is 8. The van der Waals surface area contributed by atoms with Crippen LogP contribution in [0.25, 0.3) is 0 Å². The molecule has 2 aromatic rings. The Hall–Kier alpha value is -2.84. The van der Waals surface area contributed by atoms with Crippen molar-refractivity contribution >= 4 is 23.5 Å². The van der Waals surface area contributed by atoms with Crippen LogP contribution in [0.15, 0.2) is 16.7 Å². The zero-order chi connectivity index (χ0) is 17.8. The fourth-order valence-electron chi connectivity index (χ4n) is 2.67. The summed E-state index contributed by atoms with van der Waals surface area (Å²) in [5.74, 6) is 3.47. The Bertz CT molecular complexity index is 739. The molecule has 0 spiro atoms. The molecule has 3 heterocycles. The number of piperazine rings is 1. The van der Waals surface area contributed by atoms with Crippen LogP contribution in [-0.4, -0.2) is 58.9 Å². The number of ether oxygens (including phenoxy) is 1. The molecular formula is C16H22N6O3.